The second kappa shape index (κ2) is 6.00. The van der Waals surface area contributed by atoms with Gasteiger partial charge in [0, 0.05) is 17.8 Å². The number of nitro benzene ring substituents is 1. The summed E-state index contributed by atoms with van der Waals surface area (Å²) >= 11 is 0. The first-order valence-electron chi connectivity index (χ1n) is 4.78. The molecule has 104 valence electrons. The number of benzene rings is 1. The lowest BCUT2D eigenvalue weighted by molar-refractivity contribution is -0.384. The first-order valence-corrected chi connectivity index (χ1v) is 4.78. The van der Waals surface area contributed by atoms with Gasteiger partial charge in [0.15, 0.2) is 6.61 Å². The van der Waals surface area contributed by atoms with Gasteiger partial charge in [-0.2, -0.15) is 13.2 Å². The normalized spacial score (nSPS) is 10.9. The fourth-order valence-corrected chi connectivity index (χ4v) is 1.01. The molecule has 0 unspecified atom stereocenters. The number of amides is 2. The average molecular weight is 279 g/mol. The number of halogens is 3. The van der Waals surface area contributed by atoms with Gasteiger partial charge in [0.05, 0.1) is 4.92 Å². The highest BCUT2D eigenvalue weighted by Gasteiger charge is 2.28. The van der Waals surface area contributed by atoms with Crippen LogP contribution in [-0.4, -0.2) is 23.7 Å². The van der Waals surface area contributed by atoms with Crippen LogP contribution in [0, 0.1) is 10.1 Å². The van der Waals surface area contributed by atoms with Crippen LogP contribution in [0.1, 0.15) is 0 Å². The van der Waals surface area contributed by atoms with E-state index in [0.29, 0.717) is 0 Å². The van der Waals surface area contributed by atoms with Crippen LogP contribution in [0.2, 0.25) is 0 Å². The molecule has 0 radical (unpaired) electrons. The molecule has 0 aliphatic carbocycles. The van der Waals surface area contributed by atoms with E-state index in [1.54, 1.807) is 0 Å². The lowest BCUT2D eigenvalue weighted by Gasteiger charge is -2.09. The molecular weight excluding hydrogens is 271 g/mol. The van der Waals surface area contributed by atoms with Crippen molar-refractivity contribution in [2.75, 3.05) is 11.9 Å². The molecule has 0 bridgehead atoms. The highest BCUT2D eigenvalue weighted by atomic mass is 19.4. The highest BCUT2D eigenvalue weighted by molar-refractivity contribution is 5.88. The summed E-state index contributed by atoms with van der Waals surface area (Å²) in [5.74, 6) is 0. The maximum Gasteiger partial charge on any atom is 0.414 e. The van der Waals surface area contributed by atoms with Gasteiger partial charge in [-0.1, -0.05) is 0 Å². The van der Waals surface area contributed by atoms with Crippen molar-refractivity contribution < 1.29 is 27.7 Å². The maximum atomic E-state index is 11.7. The van der Waals surface area contributed by atoms with E-state index in [4.69, 9.17) is 0 Å². The van der Waals surface area contributed by atoms with E-state index < -0.39 is 23.7 Å². The molecule has 0 saturated heterocycles. The first-order chi connectivity index (χ1) is 8.78. The van der Waals surface area contributed by atoms with Crippen LogP contribution in [0.25, 0.3) is 0 Å². The van der Waals surface area contributed by atoms with Crippen LogP contribution >= 0.6 is 0 Å². The molecule has 0 aliphatic rings. The Morgan fingerprint density at radius 1 is 1.32 bits per heavy atom. The topological polar surface area (TPSA) is 93.5 Å². The zero-order chi connectivity index (χ0) is 14.5. The molecule has 2 N–H and O–H groups in total. The number of hydroxylamine groups is 1. The zero-order valence-corrected chi connectivity index (χ0v) is 9.23. The summed E-state index contributed by atoms with van der Waals surface area (Å²) in [6, 6.07) is 3.68. The molecule has 0 aliphatic heterocycles. The van der Waals surface area contributed by atoms with Crippen molar-refractivity contribution in [3.8, 4) is 0 Å². The number of anilines is 1. The Morgan fingerprint density at radius 2 is 1.89 bits per heavy atom. The van der Waals surface area contributed by atoms with Crippen molar-refractivity contribution in [3.05, 3.63) is 34.4 Å². The molecule has 0 atom stereocenters. The van der Waals surface area contributed by atoms with Gasteiger partial charge in [-0.3, -0.25) is 15.0 Å². The lowest BCUT2D eigenvalue weighted by Crippen LogP contribution is -2.32. The quantitative estimate of drug-likeness (QED) is 0.652. The van der Waals surface area contributed by atoms with E-state index in [2.05, 4.69) is 10.2 Å². The van der Waals surface area contributed by atoms with Gasteiger partial charge in [0.1, 0.15) is 0 Å². The number of nitrogens with one attached hydrogen (secondary N) is 2. The summed E-state index contributed by atoms with van der Waals surface area (Å²) in [4.78, 5) is 24.7. The minimum atomic E-state index is -4.55. The number of urea groups is 1. The summed E-state index contributed by atoms with van der Waals surface area (Å²) in [6.07, 6.45) is -4.55. The van der Waals surface area contributed by atoms with Crippen molar-refractivity contribution >= 4 is 17.4 Å². The zero-order valence-electron chi connectivity index (χ0n) is 9.23. The number of alkyl halides is 3. The Kier molecular flexibility index (Phi) is 4.64. The van der Waals surface area contributed by atoms with Crippen LogP contribution < -0.4 is 10.8 Å². The molecule has 10 heteroatoms. The molecule has 0 saturated carbocycles. The smallest absolute Gasteiger partial charge is 0.306 e. The monoisotopic (exact) mass is 279 g/mol. The predicted molar refractivity (Wildman–Crippen MR) is 57.3 cm³/mol. The number of hydrogen-bond donors (Lipinski definition) is 2. The van der Waals surface area contributed by atoms with E-state index in [1.807, 2.05) is 0 Å². The number of nitro groups is 1. The number of rotatable bonds is 4. The largest absolute Gasteiger partial charge is 0.414 e. The summed E-state index contributed by atoms with van der Waals surface area (Å²) in [7, 11) is 0. The predicted octanol–water partition coefficient (Wildman–Crippen LogP) is 2.21. The fourth-order valence-electron chi connectivity index (χ4n) is 1.01. The summed E-state index contributed by atoms with van der Waals surface area (Å²) < 4.78 is 35.1. The van der Waals surface area contributed by atoms with Crippen molar-refractivity contribution in [1.82, 2.24) is 5.48 Å². The van der Waals surface area contributed by atoms with Crippen molar-refractivity contribution in [3.63, 3.8) is 0 Å². The second-order valence-corrected chi connectivity index (χ2v) is 3.26. The maximum absolute atomic E-state index is 11.7. The molecule has 7 nitrogen and oxygen atoms in total. The van der Waals surface area contributed by atoms with Crippen LogP contribution in [0.15, 0.2) is 24.3 Å². The molecule has 0 fully saturated rings. The summed E-state index contributed by atoms with van der Waals surface area (Å²) in [5.41, 5.74) is 1.51. The van der Waals surface area contributed by atoms with Gasteiger partial charge in [-0.15, -0.1) is 0 Å². The van der Waals surface area contributed by atoms with Crippen molar-refractivity contribution in [2.45, 2.75) is 6.18 Å². The summed E-state index contributed by atoms with van der Waals surface area (Å²) in [6.45, 7) is -1.62. The standard InChI is InChI=1S/C9H8F3N3O4/c10-9(11,12)5-19-14-8(16)13-6-1-3-7(4-2-6)15(17)18/h1-4H,5H2,(H2,13,14,16). The third-order valence-electron chi connectivity index (χ3n) is 1.74. The van der Waals surface area contributed by atoms with Gasteiger partial charge in [0.2, 0.25) is 0 Å². The number of carbonyl (C=O) groups excluding carboxylic acids is 1. The fraction of sp³-hybridized carbons (Fsp3) is 0.222. The van der Waals surface area contributed by atoms with Gasteiger partial charge >= 0.3 is 12.2 Å². The van der Waals surface area contributed by atoms with Gasteiger partial charge < -0.3 is 5.32 Å². The second-order valence-electron chi connectivity index (χ2n) is 3.26. The molecule has 1 rings (SSSR count). The molecule has 0 spiro atoms. The lowest BCUT2D eigenvalue weighted by atomic mass is 10.3. The molecule has 0 heterocycles. The van der Waals surface area contributed by atoms with Gasteiger partial charge in [-0.25, -0.2) is 10.3 Å². The molecule has 1 aromatic carbocycles. The Balaban J connectivity index is 2.42. The van der Waals surface area contributed by atoms with Crippen LogP contribution in [0.4, 0.5) is 29.3 Å². The molecular formula is C9H8F3N3O4. The van der Waals surface area contributed by atoms with Crippen LogP contribution in [-0.2, 0) is 4.84 Å². The third kappa shape index (κ3) is 5.68. The van der Waals surface area contributed by atoms with E-state index in [-0.39, 0.29) is 11.4 Å². The van der Waals surface area contributed by atoms with Gasteiger partial charge in [0.25, 0.3) is 5.69 Å². The average Bonchev–Trinajstić information content (AvgIpc) is 2.27. The Bertz CT molecular complexity index is 461. The first kappa shape index (κ1) is 14.7. The number of hydrogen-bond acceptors (Lipinski definition) is 4. The Labute approximate surface area is 104 Å². The molecule has 19 heavy (non-hydrogen) atoms. The van der Waals surface area contributed by atoms with Crippen LogP contribution in [0.5, 0.6) is 0 Å². The molecule has 2 amide bonds. The molecule has 0 aromatic heterocycles. The van der Waals surface area contributed by atoms with Crippen LogP contribution in [0.3, 0.4) is 0 Å². The van der Waals surface area contributed by atoms with E-state index in [1.165, 1.54) is 17.6 Å². The number of carbonyl (C=O) groups is 1. The summed E-state index contributed by atoms with van der Waals surface area (Å²) in [5, 5.41) is 12.5. The van der Waals surface area contributed by atoms with Gasteiger partial charge in [-0.05, 0) is 12.1 Å². The highest BCUT2D eigenvalue weighted by Crippen LogP contribution is 2.15. The third-order valence-corrected chi connectivity index (χ3v) is 1.74. The number of non-ortho nitro benzene ring substituents is 1. The SMILES string of the molecule is O=C(NOCC(F)(F)F)Nc1ccc([N+](=O)[O-])cc1. The van der Waals surface area contributed by atoms with Crippen molar-refractivity contribution in [1.29, 1.82) is 0 Å². The molecule has 1 aromatic rings. The van der Waals surface area contributed by atoms with E-state index >= 15 is 0 Å². The van der Waals surface area contributed by atoms with E-state index in [9.17, 15) is 28.1 Å². The minimum Gasteiger partial charge on any atom is -0.306 e. The number of nitrogens with zero attached hydrogens (tertiary/aromatic N) is 1. The Hall–Kier alpha value is -2.36. The minimum absolute atomic E-state index is 0.165. The van der Waals surface area contributed by atoms with E-state index in [0.717, 1.165) is 12.1 Å². The van der Waals surface area contributed by atoms with Crippen molar-refractivity contribution in [2.24, 2.45) is 0 Å². The Morgan fingerprint density at radius 3 is 2.37 bits per heavy atom.